The van der Waals surface area contributed by atoms with E-state index in [9.17, 15) is 0 Å². The van der Waals surface area contributed by atoms with Crippen LogP contribution < -0.4 is 0 Å². The van der Waals surface area contributed by atoms with Gasteiger partial charge < -0.3 is 0 Å². The van der Waals surface area contributed by atoms with Gasteiger partial charge in [-0.15, -0.1) is 0 Å². The predicted octanol–water partition coefficient (Wildman–Crippen LogP) is 11.4. The second-order valence-electron chi connectivity index (χ2n) is 13.1. The maximum absolute atomic E-state index is 6.50. The zero-order chi connectivity index (χ0) is 38.3. The first-order chi connectivity index (χ1) is 23.0. The Morgan fingerprint density at radius 1 is 0.306 bits per heavy atom. The monoisotopic (exact) mass is 791 g/mol. The summed E-state index contributed by atoms with van der Waals surface area (Å²) < 4.78 is 43.9. The quantitative estimate of drug-likeness (QED) is 0.0853. The smallest absolute Gasteiger partial charge is 0.256 e. The van der Waals surface area contributed by atoms with Gasteiger partial charge in [-0.2, -0.15) is 0 Å². The fourth-order valence-corrected chi connectivity index (χ4v) is 29.3. The summed E-state index contributed by atoms with van der Waals surface area (Å²) in [5.74, 6) is 0. The fourth-order valence-electron chi connectivity index (χ4n) is 7.22. The van der Waals surface area contributed by atoms with Gasteiger partial charge >= 0.3 is 7.87 Å². The van der Waals surface area contributed by atoms with Crippen molar-refractivity contribution < 1.29 is 0 Å². The highest BCUT2D eigenvalue weighted by Crippen LogP contribution is 2.85. The summed E-state index contributed by atoms with van der Waals surface area (Å²) in [5.41, 5.74) is 0. The Kier molecular flexibility index (Phi) is 23.6. The highest BCUT2D eigenvalue weighted by molar-refractivity contribution is 7.88. The summed E-state index contributed by atoms with van der Waals surface area (Å²) in [6.07, 6.45) is 0. The molecule has 16 heteroatoms. The van der Waals surface area contributed by atoms with Crippen LogP contribution in [0.4, 0.5) is 0 Å². The molecule has 0 aliphatic heterocycles. The molecule has 0 rings (SSSR count). The Balaban J connectivity index is 10.1. The maximum Gasteiger partial charge on any atom is 0.496 e. The minimum absolute atomic E-state index is 0.919. The Morgan fingerprint density at radius 3 is 0.673 bits per heavy atom. The van der Waals surface area contributed by atoms with Crippen molar-refractivity contribution in [2.24, 2.45) is 18.1 Å². The van der Waals surface area contributed by atoms with Gasteiger partial charge in [0.2, 0.25) is 7.51 Å². The fraction of sp³-hybridized carbons (Fsp3) is 1.00. The van der Waals surface area contributed by atoms with E-state index < -0.39 is 37.1 Å². The van der Waals surface area contributed by atoms with Crippen LogP contribution in [0.1, 0.15) is 96.9 Å². The third-order valence-electron chi connectivity index (χ3n) is 9.60. The van der Waals surface area contributed by atoms with E-state index in [2.05, 4.69) is 163 Å². The van der Waals surface area contributed by atoms with Crippen molar-refractivity contribution in [1.82, 2.24) is 32.7 Å². The van der Waals surface area contributed by atoms with Crippen molar-refractivity contribution in [3.05, 3.63) is 0 Å². The van der Waals surface area contributed by atoms with Crippen LogP contribution in [0, 0.1) is 0 Å². The van der Waals surface area contributed by atoms with Gasteiger partial charge in [-0.25, -0.2) is 14.0 Å². The van der Waals surface area contributed by atoms with E-state index in [4.69, 9.17) is 18.1 Å². The molecule has 0 aliphatic carbocycles. The van der Waals surface area contributed by atoms with Crippen LogP contribution in [0.15, 0.2) is 18.1 Å². The number of rotatable bonds is 25. The Labute approximate surface area is 308 Å². The van der Waals surface area contributed by atoms with Crippen molar-refractivity contribution in [3.63, 3.8) is 0 Å². The molecular weight excluding hydrogens is 705 g/mol. The molecule has 0 aliphatic rings. The lowest BCUT2D eigenvalue weighted by Crippen LogP contribution is -2.41. The van der Waals surface area contributed by atoms with E-state index in [0.29, 0.717) is 0 Å². The van der Waals surface area contributed by atoms with Crippen molar-refractivity contribution in [2.45, 2.75) is 96.9 Å². The summed E-state index contributed by atoms with van der Waals surface area (Å²) >= 11 is 0. The lowest BCUT2D eigenvalue weighted by molar-refractivity contribution is 0.341. The van der Waals surface area contributed by atoms with E-state index in [0.717, 1.165) is 91.6 Å². The van der Waals surface area contributed by atoms with Crippen molar-refractivity contribution in [1.29, 1.82) is 0 Å². The van der Waals surface area contributed by atoms with Gasteiger partial charge in [0.15, 0.2) is 0 Å². The summed E-state index contributed by atoms with van der Waals surface area (Å²) in [7, 11) is -12.0. The van der Waals surface area contributed by atoms with Gasteiger partial charge in [0, 0.05) is 112 Å². The molecule has 0 saturated heterocycles. The molecule has 0 atom stereocenters. The minimum Gasteiger partial charge on any atom is -0.256 e. The van der Waals surface area contributed by atoms with Crippen molar-refractivity contribution in [2.75, 3.05) is 125 Å². The van der Waals surface area contributed by atoms with Crippen molar-refractivity contribution >= 4 is 37.1 Å². The largest absolute Gasteiger partial charge is 0.496 e. The van der Waals surface area contributed by atoms with Crippen LogP contribution in [-0.2, 0) is 0 Å². The Hall–Kier alpha value is 1.07. The second kappa shape index (κ2) is 23.1. The molecule has 49 heavy (non-hydrogen) atoms. The summed E-state index contributed by atoms with van der Waals surface area (Å²) in [5, 5.41) is 0. The van der Waals surface area contributed by atoms with Crippen LogP contribution in [-0.4, -0.2) is 158 Å². The highest BCUT2D eigenvalue weighted by atomic mass is 31.3. The third-order valence-corrected chi connectivity index (χ3v) is 29.8. The van der Waals surface area contributed by atoms with E-state index in [1.54, 1.807) is 0 Å². The molecule has 0 unspecified atom stereocenters. The number of hydrogen-bond donors (Lipinski definition) is 0. The van der Waals surface area contributed by atoms with Gasteiger partial charge in [-0.05, 0) is 33.5 Å². The van der Waals surface area contributed by atoms with Crippen LogP contribution in [0.2, 0.25) is 0 Å². The van der Waals surface area contributed by atoms with Gasteiger partial charge in [0.25, 0.3) is 0 Å². The van der Waals surface area contributed by atoms with E-state index >= 15 is 0 Å². The number of nitrogens with zero attached hydrogens (tertiary/aromatic N) is 11. The summed E-state index contributed by atoms with van der Waals surface area (Å²) in [4.78, 5) is 0. The zero-order valence-corrected chi connectivity index (χ0v) is 40.5. The Bertz CT molecular complexity index is 1020. The molecule has 0 aromatic heterocycles. The molecule has 0 aromatic rings. The maximum atomic E-state index is 6.50. The SMILES string of the molecule is CCN(CC)P(C)(=N[P+](N=P(C)(C)C)(N=P(C)(N(CC)CC)N(CC)CC)N=P(N(CC)CC)(N(CC)CC)N(CC)CC)N(CC)CC. The normalized spacial score (nSPS) is 14.0. The van der Waals surface area contributed by atoms with E-state index in [1.165, 1.54) is 0 Å². The van der Waals surface area contributed by atoms with Gasteiger partial charge in [0.05, 0.1) is 0 Å². The first kappa shape index (κ1) is 50.1. The molecular formula is C33H85N11P5+. The molecule has 0 amide bonds. The Morgan fingerprint density at radius 2 is 0.510 bits per heavy atom. The third kappa shape index (κ3) is 12.0. The van der Waals surface area contributed by atoms with Crippen LogP contribution in [0.5, 0.6) is 0 Å². The molecule has 0 spiro atoms. The second-order valence-corrected chi connectivity index (χ2v) is 29.4. The lowest BCUT2D eigenvalue weighted by Gasteiger charge is -2.47. The average molecular weight is 791 g/mol. The molecule has 0 fully saturated rings. The van der Waals surface area contributed by atoms with Gasteiger partial charge in [-0.1, -0.05) is 101 Å². The van der Waals surface area contributed by atoms with E-state index in [-0.39, 0.29) is 0 Å². The summed E-state index contributed by atoms with van der Waals surface area (Å²) in [6.45, 7) is 57.2. The average Bonchev–Trinajstić information content (AvgIpc) is 3.03. The molecule has 11 nitrogen and oxygen atoms in total. The molecule has 0 bridgehead atoms. The number of hydrogen-bond acceptors (Lipinski definition) is 4. The van der Waals surface area contributed by atoms with Crippen molar-refractivity contribution in [3.8, 4) is 0 Å². The molecule has 0 saturated carbocycles. The highest BCUT2D eigenvalue weighted by Gasteiger charge is 2.54. The first-order valence-corrected chi connectivity index (χ1v) is 30.0. The molecule has 296 valence electrons. The van der Waals surface area contributed by atoms with Gasteiger partial charge in [0.1, 0.15) is 14.7 Å². The zero-order valence-electron chi connectivity index (χ0n) is 36.1. The minimum atomic E-state index is -3.14. The molecule has 0 radical (unpaired) electrons. The van der Waals surface area contributed by atoms with Crippen LogP contribution in [0.3, 0.4) is 0 Å². The van der Waals surface area contributed by atoms with E-state index in [1.807, 2.05) is 0 Å². The molecule has 0 heterocycles. The topological polar surface area (TPSA) is 72.1 Å². The lowest BCUT2D eigenvalue weighted by atomic mass is 10.7. The predicted molar refractivity (Wildman–Crippen MR) is 234 cm³/mol. The first-order valence-electron chi connectivity index (χ1n) is 19.6. The summed E-state index contributed by atoms with van der Waals surface area (Å²) in [6, 6.07) is 0. The van der Waals surface area contributed by atoms with Gasteiger partial charge in [-0.3, -0.25) is 18.7 Å². The van der Waals surface area contributed by atoms with Crippen LogP contribution in [0.25, 0.3) is 0 Å². The van der Waals surface area contributed by atoms with Crippen LogP contribution >= 0.6 is 37.1 Å². The molecule has 0 aromatic carbocycles. The standard InChI is InChI=1S/C33H85N11P5/c1-20-38(21-2)46(18,39(22-3)23-4)35-48(34-45(15,16)17,36-47(19,40(24-5)25-6)41(26-7)27-8)37-49(42(28-9)29-10,43(30-11)31-12)44(32-13)33-14/h20-33H2,1-19H3/q+1. The molecule has 0 N–H and O–H groups in total.